The minimum absolute atomic E-state index is 0.410. The second-order valence-electron chi connectivity index (χ2n) is 5.75. The van der Waals surface area contributed by atoms with E-state index in [1.54, 1.807) is 6.07 Å². The summed E-state index contributed by atoms with van der Waals surface area (Å²) in [6.07, 6.45) is 3.78. The van der Waals surface area contributed by atoms with E-state index in [1.165, 1.54) is 19.3 Å². The third-order valence-corrected chi connectivity index (χ3v) is 4.27. The van der Waals surface area contributed by atoms with Gasteiger partial charge in [0.05, 0.1) is 0 Å². The molecule has 0 radical (unpaired) electrons. The first-order chi connectivity index (χ1) is 9.60. The first-order valence-electron chi connectivity index (χ1n) is 7.58. The third kappa shape index (κ3) is 3.82. The molecule has 0 bridgehead atoms. The number of rotatable bonds is 5. The standard InChI is InChI=1S/C15H26N4O/c1-4-20-9-15-18-13(16)8-14(19-15)17-12-7-5-6-10(2)11(12)3/h8,10-12H,4-7,9H2,1-3H3,(H3,16,17,18,19). The highest BCUT2D eigenvalue weighted by Gasteiger charge is 2.27. The Balaban J connectivity index is 2.06. The molecule has 0 aromatic carbocycles. The Bertz CT molecular complexity index is 438. The summed E-state index contributed by atoms with van der Waals surface area (Å²) in [7, 11) is 0. The number of nitrogen functional groups attached to an aromatic ring is 1. The van der Waals surface area contributed by atoms with Gasteiger partial charge in [-0.25, -0.2) is 9.97 Å². The van der Waals surface area contributed by atoms with Crippen LogP contribution in [0, 0.1) is 11.8 Å². The van der Waals surface area contributed by atoms with Crippen LogP contribution < -0.4 is 11.1 Å². The molecule has 5 nitrogen and oxygen atoms in total. The molecule has 1 aromatic heterocycles. The zero-order chi connectivity index (χ0) is 14.5. The van der Waals surface area contributed by atoms with Gasteiger partial charge in [0.2, 0.25) is 0 Å². The summed E-state index contributed by atoms with van der Waals surface area (Å²) >= 11 is 0. The molecule has 1 aliphatic carbocycles. The van der Waals surface area contributed by atoms with Crippen LogP contribution in [0.5, 0.6) is 0 Å². The summed E-state index contributed by atoms with van der Waals surface area (Å²) in [5.74, 6) is 3.36. The molecule has 3 atom stereocenters. The first kappa shape index (κ1) is 15.0. The summed E-state index contributed by atoms with van der Waals surface area (Å²) in [4.78, 5) is 8.70. The van der Waals surface area contributed by atoms with Crippen molar-refractivity contribution >= 4 is 11.6 Å². The van der Waals surface area contributed by atoms with Crippen LogP contribution in [0.25, 0.3) is 0 Å². The van der Waals surface area contributed by atoms with Gasteiger partial charge in [-0.1, -0.05) is 26.7 Å². The van der Waals surface area contributed by atoms with Crippen LogP contribution in [0.2, 0.25) is 0 Å². The van der Waals surface area contributed by atoms with E-state index < -0.39 is 0 Å². The van der Waals surface area contributed by atoms with Crippen molar-refractivity contribution in [2.45, 2.75) is 52.7 Å². The quantitative estimate of drug-likeness (QED) is 0.866. The Kier molecular flexibility index (Phi) is 5.17. The first-order valence-corrected chi connectivity index (χ1v) is 7.58. The van der Waals surface area contributed by atoms with Gasteiger partial charge in [-0.3, -0.25) is 0 Å². The molecular formula is C15H26N4O. The van der Waals surface area contributed by atoms with Gasteiger partial charge in [0, 0.05) is 18.7 Å². The highest BCUT2D eigenvalue weighted by Crippen LogP contribution is 2.31. The van der Waals surface area contributed by atoms with Crippen molar-refractivity contribution in [3.05, 3.63) is 11.9 Å². The number of nitrogens with zero attached hydrogens (tertiary/aromatic N) is 2. The van der Waals surface area contributed by atoms with E-state index >= 15 is 0 Å². The lowest BCUT2D eigenvalue weighted by molar-refractivity contribution is 0.128. The molecule has 1 fully saturated rings. The smallest absolute Gasteiger partial charge is 0.158 e. The zero-order valence-corrected chi connectivity index (χ0v) is 12.7. The maximum absolute atomic E-state index is 5.85. The van der Waals surface area contributed by atoms with Gasteiger partial charge in [-0.15, -0.1) is 0 Å². The predicted molar refractivity (Wildman–Crippen MR) is 81.4 cm³/mol. The fraction of sp³-hybridized carbons (Fsp3) is 0.733. The van der Waals surface area contributed by atoms with E-state index in [9.17, 15) is 0 Å². The minimum atomic E-state index is 0.410. The average molecular weight is 278 g/mol. The number of anilines is 2. The number of hydrogen-bond acceptors (Lipinski definition) is 5. The Labute approximate surface area is 121 Å². The second kappa shape index (κ2) is 6.88. The lowest BCUT2D eigenvalue weighted by Crippen LogP contribution is -2.35. The van der Waals surface area contributed by atoms with Crippen molar-refractivity contribution in [1.82, 2.24) is 9.97 Å². The number of ether oxygens (including phenoxy) is 1. The highest BCUT2D eigenvalue weighted by molar-refractivity contribution is 5.45. The van der Waals surface area contributed by atoms with Gasteiger partial charge in [-0.2, -0.15) is 0 Å². The molecule has 3 N–H and O–H groups in total. The summed E-state index contributed by atoms with van der Waals surface area (Å²) in [6.45, 7) is 7.65. The van der Waals surface area contributed by atoms with Crippen molar-refractivity contribution in [3.8, 4) is 0 Å². The van der Waals surface area contributed by atoms with Crippen LogP contribution in [0.15, 0.2) is 6.07 Å². The molecule has 1 aromatic rings. The molecular weight excluding hydrogens is 252 g/mol. The fourth-order valence-electron chi connectivity index (χ4n) is 2.83. The van der Waals surface area contributed by atoms with Crippen LogP contribution in [-0.2, 0) is 11.3 Å². The van der Waals surface area contributed by atoms with Crippen LogP contribution >= 0.6 is 0 Å². The van der Waals surface area contributed by atoms with Gasteiger partial charge in [0.25, 0.3) is 0 Å². The second-order valence-corrected chi connectivity index (χ2v) is 5.75. The number of aromatic nitrogens is 2. The molecule has 0 aliphatic heterocycles. The van der Waals surface area contributed by atoms with Gasteiger partial charge in [-0.05, 0) is 25.2 Å². The summed E-state index contributed by atoms with van der Waals surface area (Å²) in [6, 6.07) is 2.27. The Morgan fingerprint density at radius 1 is 1.35 bits per heavy atom. The molecule has 2 rings (SSSR count). The third-order valence-electron chi connectivity index (χ3n) is 4.27. The van der Waals surface area contributed by atoms with Crippen LogP contribution in [0.1, 0.15) is 45.9 Å². The maximum Gasteiger partial charge on any atom is 0.158 e. The van der Waals surface area contributed by atoms with E-state index in [0.29, 0.717) is 36.8 Å². The van der Waals surface area contributed by atoms with Crippen molar-refractivity contribution in [2.75, 3.05) is 17.7 Å². The largest absolute Gasteiger partial charge is 0.384 e. The monoisotopic (exact) mass is 278 g/mol. The van der Waals surface area contributed by atoms with Gasteiger partial charge in [0.1, 0.15) is 18.2 Å². The summed E-state index contributed by atoms with van der Waals surface area (Å²) in [5, 5.41) is 3.53. The fourth-order valence-corrected chi connectivity index (χ4v) is 2.83. The van der Waals surface area contributed by atoms with Crippen molar-refractivity contribution in [3.63, 3.8) is 0 Å². The van der Waals surface area contributed by atoms with Gasteiger partial charge >= 0.3 is 0 Å². The topological polar surface area (TPSA) is 73.1 Å². The molecule has 3 unspecified atom stereocenters. The van der Waals surface area contributed by atoms with Crippen molar-refractivity contribution < 1.29 is 4.74 Å². The predicted octanol–water partition coefficient (Wildman–Crippen LogP) is 2.83. The van der Waals surface area contributed by atoms with E-state index in [0.717, 1.165) is 11.7 Å². The van der Waals surface area contributed by atoms with E-state index in [2.05, 4.69) is 29.1 Å². The molecule has 5 heteroatoms. The van der Waals surface area contributed by atoms with Crippen molar-refractivity contribution in [1.29, 1.82) is 0 Å². The van der Waals surface area contributed by atoms with Gasteiger partial charge < -0.3 is 15.8 Å². The highest BCUT2D eigenvalue weighted by atomic mass is 16.5. The lowest BCUT2D eigenvalue weighted by atomic mass is 9.78. The van der Waals surface area contributed by atoms with Crippen LogP contribution in [-0.4, -0.2) is 22.6 Å². The number of nitrogens with two attached hydrogens (primary N) is 1. The minimum Gasteiger partial charge on any atom is -0.384 e. The molecule has 0 saturated heterocycles. The molecule has 0 spiro atoms. The molecule has 112 valence electrons. The zero-order valence-electron chi connectivity index (χ0n) is 12.7. The molecule has 1 aliphatic rings. The lowest BCUT2D eigenvalue weighted by Gasteiger charge is -2.35. The summed E-state index contributed by atoms with van der Waals surface area (Å²) in [5.41, 5.74) is 5.85. The van der Waals surface area contributed by atoms with Crippen LogP contribution in [0.4, 0.5) is 11.6 Å². The maximum atomic E-state index is 5.85. The normalized spacial score (nSPS) is 26.4. The van der Waals surface area contributed by atoms with Gasteiger partial charge in [0.15, 0.2) is 5.82 Å². The molecule has 20 heavy (non-hydrogen) atoms. The van der Waals surface area contributed by atoms with E-state index in [-0.39, 0.29) is 0 Å². The number of hydrogen-bond donors (Lipinski definition) is 2. The average Bonchev–Trinajstić information content (AvgIpc) is 2.41. The molecule has 0 amide bonds. The van der Waals surface area contributed by atoms with Crippen LogP contribution in [0.3, 0.4) is 0 Å². The number of nitrogens with one attached hydrogen (secondary N) is 1. The van der Waals surface area contributed by atoms with Crippen molar-refractivity contribution in [2.24, 2.45) is 11.8 Å². The summed E-state index contributed by atoms with van der Waals surface area (Å²) < 4.78 is 5.35. The van der Waals surface area contributed by atoms with E-state index in [4.69, 9.17) is 10.5 Å². The Morgan fingerprint density at radius 2 is 2.15 bits per heavy atom. The van der Waals surface area contributed by atoms with E-state index in [1.807, 2.05) is 6.92 Å². The SMILES string of the molecule is CCOCc1nc(N)cc(NC2CCCC(C)C2C)n1. The Hall–Kier alpha value is -1.36. The molecule has 1 saturated carbocycles. The molecule has 1 heterocycles. The Morgan fingerprint density at radius 3 is 2.90 bits per heavy atom.